The molecule has 0 atom stereocenters. The molecule has 5 aromatic rings. The maximum absolute atomic E-state index is 13.2. The summed E-state index contributed by atoms with van der Waals surface area (Å²) in [6.07, 6.45) is 0. The molecule has 0 aliphatic rings. The number of imidazole rings is 1. The summed E-state index contributed by atoms with van der Waals surface area (Å²) in [6.45, 7) is 0. The lowest BCUT2D eigenvalue weighted by Gasteiger charge is -2.06. The summed E-state index contributed by atoms with van der Waals surface area (Å²) in [5, 5.41) is 0.662. The molecule has 4 aromatic carbocycles. The highest BCUT2D eigenvalue weighted by molar-refractivity contribution is 6.30. The molecule has 0 radical (unpaired) electrons. The molecule has 1 aromatic heterocycles. The molecular weight excluding hydrogens is 435 g/mol. The summed E-state index contributed by atoms with van der Waals surface area (Å²) in [4.78, 5) is 21.1. The van der Waals surface area contributed by atoms with Gasteiger partial charge in [0.25, 0.3) is 0 Å². The largest absolute Gasteiger partial charge is 0.337 e. The SMILES string of the molecule is O=C(c1ccc(F)cc1)c1ccc(-c2[nH]c(-c3ccc(Cl)cc3)nc2-c2ccccc2)cc1. The molecule has 5 rings (SSSR count). The number of aromatic nitrogens is 2. The van der Waals surface area contributed by atoms with Gasteiger partial charge in [-0.05, 0) is 48.5 Å². The Morgan fingerprint density at radius 1 is 0.697 bits per heavy atom. The van der Waals surface area contributed by atoms with E-state index in [-0.39, 0.29) is 11.6 Å². The van der Waals surface area contributed by atoms with Gasteiger partial charge in [-0.3, -0.25) is 4.79 Å². The molecule has 0 fully saturated rings. The number of ketones is 1. The summed E-state index contributed by atoms with van der Waals surface area (Å²) in [7, 11) is 0. The highest BCUT2D eigenvalue weighted by Crippen LogP contribution is 2.33. The fourth-order valence-corrected chi connectivity index (χ4v) is 3.81. The number of H-pyrrole nitrogens is 1. The Morgan fingerprint density at radius 2 is 1.27 bits per heavy atom. The van der Waals surface area contributed by atoms with Gasteiger partial charge in [0.15, 0.2) is 5.78 Å². The topological polar surface area (TPSA) is 45.8 Å². The summed E-state index contributed by atoms with van der Waals surface area (Å²) in [5.74, 6) is 0.203. The standard InChI is InChI=1S/C28H18ClFN2O/c29-23-14-10-22(11-15-23)28-31-25(18-4-2-1-3-5-18)26(32-28)19-6-8-20(9-7-19)27(33)21-12-16-24(30)17-13-21/h1-17H,(H,31,32). The van der Waals surface area contributed by atoms with Gasteiger partial charge in [0, 0.05) is 32.8 Å². The van der Waals surface area contributed by atoms with Crippen LogP contribution in [0.25, 0.3) is 33.9 Å². The number of benzene rings is 4. The van der Waals surface area contributed by atoms with E-state index in [1.54, 1.807) is 12.1 Å². The van der Waals surface area contributed by atoms with Crippen LogP contribution in [0.5, 0.6) is 0 Å². The second kappa shape index (κ2) is 8.85. The summed E-state index contributed by atoms with van der Waals surface area (Å²) >= 11 is 6.04. The van der Waals surface area contributed by atoms with E-state index in [1.165, 1.54) is 24.3 Å². The molecule has 0 spiro atoms. The highest BCUT2D eigenvalue weighted by atomic mass is 35.5. The lowest BCUT2D eigenvalue weighted by molar-refractivity contribution is 0.103. The summed E-state index contributed by atoms with van der Waals surface area (Å²) in [6, 6.07) is 30.3. The van der Waals surface area contributed by atoms with Crippen molar-refractivity contribution in [1.82, 2.24) is 9.97 Å². The van der Waals surface area contributed by atoms with E-state index in [1.807, 2.05) is 66.7 Å². The Labute approximate surface area is 195 Å². The van der Waals surface area contributed by atoms with E-state index in [0.717, 1.165) is 33.9 Å². The predicted molar refractivity (Wildman–Crippen MR) is 130 cm³/mol. The van der Waals surface area contributed by atoms with Crippen LogP contribution in [-0.4, -0.2) is 15.8 Å². The fraction of sp³-hybridized carbons (Fsp3) is 0. The first kappa shape index (κ1) is 20.9. The van der Waals surface area contributed by atoms with E-state index >= 15 is 0 Å². The quantitative estimate of drug-likeness (QED) is 0.282. The first-order valence-electron chi connectivity index (χ1n) is 10.4. The van der Waals surface area contributed by atoms with Crippen LogP contribution < -0.4 is 0 Å². The van der Waals surface area contributed by atoms with Gasteiger partial charge in [-0.1, -0.05) is 66.2 Å². The van der Waals surface area contributed by atoms with Crippen molar-refractivity contribution < 1.29 is 9.18 Å². The number of nitrogens with zero attached hydrogens (tertiary/aromatic N) is 1. The smallest absolute Gasteiger partial charge is 0.193 e. The number of aromatic amines is 1. The maximum Gasteiger partial charge on any atom is 0.193 e. The molecular formula is C28H18ClFN2O. The number of carbonyl (C=O) groups is 1. The van der Waals surface area contributed by atoms with Gasteiger partial charge in [-0.2, -0.15) is 0 Å². The monoisotopic (exact) mass is 452 g/mol. The third-order valence-corrected chi connectivity index (χ3v) is 5.66. The van der Waals surface area contributed by atoms with E-state index < -0.39 is 0 Å². The molecule has 33 heavy (non-hydrogen) atoms. The third-order valence-electron chi connectivity index (χ3n) is 5.41. The first-order chi connectivity index (χ1) is 16.1. The lowest BCUT2D eigenvalue weighted by Crippen LogP contribution is -2.01. The lowest BCUT2D eigenvalue weighted by atomic mass is 10.00. The van der Waals surface area contributed by atoms with Gasteiger partial charge in [-0.25, -0.2) is 9.37 Å². The van der Waals surface area contributed by atoms with Crippen LogP contribution in [0.15, 0.2) is 103 Å². The average molecular weight is 453 g/mol. The van der Waals surface area contributed by atoms with Crippen LogP contribution in [0.2, 0.25) is 5.02 Å². The van der Waals surface area contributed by atoms with E-state index in [9.17, 15) is 9.18 Å². The second-order valence-corrected chi connectivity index (χ2v) is 8.03. The minimum absolute atomic E-state index is 0.156. The molecule has 160 valence electrons. The van der Waals surface area contributed by atoms with E-state index in [0.29, 0.717) is 16.1 Å². The van der Waals surface area contributed by atoms with Gasteiger partial charge in [0.1, 0.15) is 11.6 Å². The van der Waals surface area contributed by atoms with Crippen molar-refractivity contribution in [2.45, 2.75) is 0 Å². The van der Waals surface area contributed by atoms with Crippen molar-refractivity contribution in [3.8, 4) is 33.9 Å². The van der Waals surface area contributed by atoms with Crippen molar-refractivity contribution in [2.24, 2.45) is 0 Å². The van der Waals surface area contributed by atoms with Crippen LogP contribution >= 0.6 is 11.6 Å². The van der Waals surface area contributed by atoms with Crippen LogP contribution in [0.4, 0.5) is 4.39 Å². The van der Waals surface area contributed by atoms with E-state index in [2.05, 4.69) is 4.98 Å². The molecule has 1 N–H and O–H groups in total. The molecule has 5 heteroatoms. The number of halogens is 2. The molecule has 0 aliphatic carbocycles. The Kier molecular flexibility index (Phi) is 5.59. The second-order valence-electron chi connectivity index (χ2n) is 7.60. The molecule has 0 bridgehead atoms. The van der Waals surface area contributed by atoms with Crippen LogP contribution in [-0.2, 0) is 0 Å². The molecule has 0 saturated carbocycles. The van der Waals surface area contributed by atoms with Gasteiger partial charge >= 0.3 is 0 Å². The van der Waals surface area contributed by atoms with Crippen LogP contribution in [0.3, 0.4) is 0 Å². The zero-order chi connectivity index (χ0) is 22.8. The van der Waals surface area contributed by atoms with Gasteiger partial charge in [0.2, 0.25) is 0 Å². The summed E-state index contributed by atoms with van der Waals surface area (Å²) in [5.41, 5.74) is 5.45. The van der Waals surface area contributed by atoms with Crippen molar-refractivity contribution in [2.75, 3.05) is 0 Å². The molecule has 0 aliphatic heterocycles. The molecule has 0 unspecified atom stereocenters. The highest BCUT2D eigenvalue weighted by Gasteiger charge is 2.16. The fourth-order valence-electron chi connectivity index (χ4n) is 3.69. The number of carbonyl (C=O) groups excluding carboxylic acids is 1. The Morgan fingerprint density at radius 3 is 1.91 bits per heavy atom. The minimum atomic E-state index is -0.369. The van der Waals surface area contributed by atoms with E-state index in [4.69, 9.17) is 16.6 Å². The zero-order valence-corrected chi connectivity index (χ0v) is 18.2. The van der Waals surface area contributed by atoms with Gasteiger partial charge < -0.3 is 4.98 Å². The van der Waals surface area contributed by atoms with Gasteiger partial charge in [0.05, 0.1) is 11.4 Å². The molecule has 0 saturated heterocycles. The Balaban J connectivity index is 1.54. The van der Waals surface area contributed by atoms with Crippen molar-refractivity contribution in [1.29, 1.82) is 0 Å². The van der Waals surface area contributed by atoms with Gasteiger partial charge in [-0.15, -0.1) is 0 Å². The number of hydrogen-bond acceptors (Lipinski definition) is 2. The predicted octanol–water partition coefficient (Wildman–Crippen LogP) is 7.43. The molecule has 1 heterocycles. The average Bonchev–Trinajstić information content (AvgIpc) is 3.31. The first-order valence-corrected chi connectivity index (χ1v) is 10.8. The van der Waals surface area contributed by atoms with Crippen molar-refractivity contribution >= 4 is 17.4 Å². The van der Waals surface area contributed by atoms with Crippen molar-refractivity contribution in [3.63, 3.8) is 0 Å². The number of nitrogens with one attached hydrogen (secondary N) is 1. The normalized spacial score (nSPS) is 10.8. The van der Waals surface area contributed by atoms with Crippen LogP contribution in [0, 0.1) is 5.82 Å². The summed E-state index contributed by atoms with van der Waals surface area (Å²) < 4.78 is 13.2. The Hall–Kier alpha value is -4.02. The maximum atomic E-state index is 13.2. The number of rotatable bonds is 5. The molecule has 0 amide bonds. The zero-order valence-electron chi connectivity index (χ0n) is 17.4. The Bertz CT molecular complexity index is 1410. The van der Waals surface area contributed by atoms with Crippen LogP contribution in [0.1, 0.15) is 15.9 Å². The van der Waals surface area contributed by atoms with Crippen molar-refractivity contribution in [3.05, 3.63) is 125 Å². The minimum Gasteiger partial charge on any atom is -0.337 e. The number of hydrogen-bond donors (Lipinski definition) is 1. The molecule has 3 nitrogen and oxygen atoms in total. The third kappa shape index (κ3) is 4.34.